The van der Waals surface area contributed by atoms with Crippen LogP contribution in [0, 0.1) is 6.92 Å². The summed E-state index contributed by atoms with van der Waals surface area (Å²) in [5, 5.41) is 14.0. The molecule has 0 aliphatic carbocycles. The molecule has 0 unspecified atom stereocenters. The topological polar surface area (TPSA) is 43.1 Å². The van der Waals surface area contributed by atoms with E-state index in [1.807, 2.05) is 36.5 Å². The second kappa shape index (κ2) is 7.09. The van der Waals surface area contributed by atoms with Crippen molar-refractivity contribution in [1.29, 1.82) is 0 Å². The zero-order valence-corrected chi connectivity index (χ0v) is 14.2. The van der Waals surface area contributed by atoms with E-state index in [0.29, 0.717) is 0 Å². The Hall–Kier alpha value is -1.63. The van der Waals surface area contributed by atoms with E-state index in [9.17, 15) is 0 Å². The van der Waals surface area contributed by atoms with Crippen LogP contribution in [0.5, 0.6) is 0 Å². The molecule has 0 spiro atoms. The van der Waals surface area contributed by atoms with Gasteiger partial charge < -0.3 is 0 Å². The first kappa shape index (κ1) is 15.3. The van der Waals surface area contributed by atoms with E-state index in [4.69, 9.17) is 11.6 Å². The molecule has 112 valence electrons. The van der Waals surface area contributed by atoms with Crippen molar-refractivity contribution in [2.75, 3.05) is 0 Å². The van der Waals surface area contributed by atoms with E-state index in [-0.39, 0.29) is 0 Å². The molecule has 0 atom stereocenters. The maximum Gasteiger partial charge on any atom is 0.212 e. The van der Waals surface area contributed by atoms with Crippen LogP contribution in [0.3, 0.4) is 0 Å². The van der Waals surface area contributed by atoms with Crippen LogP contribution in [-0.4, -0.2) is 21.1 Å². The SMILES string of the molecule is Cc1ccc(/C=N\n2cnnc2SCc2ccc(Cl)cc2)s1. The molecule has 2 aromatic heterocycles. The summed E-state index contributed by atoms with van der Waals surface area (Å²) in [4.78, 5) is 2.38. The molecule has 0 N–H and O–H groups in total. The third-order valence-electron chi connectivity index (χ3n) is 2.85. The molecule has 0 aliphatic rings. The lowest BCUT2D eigenvalue weighted by Crippen LogP contribution is -1.92. The monoisotopic (exact) mass is 348 g/mol. The lowest BCUT2D eigenvalue weighted by Gasteiger charge is -2.01. The Labute approximate surface area is 141 Å². The minimum absolute atomic E-state index is 0.743. The smallest absolute Gasteiger partial charge is 0.195 e. The molecule has 0 saturated heterocycles. The van der Waals surface area contributed by atoms with Gasteiger partial charge in [0.1, 0.15) is 6.33 Å². The summed E-state index contributed by atoms with van der Waals surface area (Å²) < 4.78 is 1.69. The summed E-state index contributed by atoms with van der Waals surface area (Å²) >= 11 is 9.18. The van der Waals surface area contributed by atoms with Crippen molar-refractivity contribution in [1.82, 2.24) is 14.9 Å². The lowest BCUT2D eigenvalue weighted by atomic mass is 10.2. The fraction of sp³-hybridized carbons (Fsp3) is 0.133. The second-order valence-corrected chi connectivity index (χ2v) is 7.26. The largest absolute Gasteiger partial charge is 0.212 e. The number of aryl methyl sites for hydroxylation is 1. The molecule has 7 heteroatoms. The van der Waals surface area contributed by atoms with E-state index in [1.165, 1.54) is 10.4 Å². The lowest BCUT2D eigenvalue weighted by molar-refractivity contribution is 0.767. The van der Waals surface area contributed by atoms with Crippen LogP contribution < -0.4 is 0 Å². The predicted molar refractivity (Wildman–Crippen MR) is 93.1 cm³/mol. The second-order valence-electron chi connectivity index (χ2n) is 4.57. The van der Waals surface area contributed by atoms with Gasteiger partial charge in [-0.25, -0.2) is 0 Å². The standard InChI is InChI=1S/C15H13ClN4S2/c1-11-2-7-14(22-11)8-18-20-10-17-19-15(20)21-9-12-3-5-13(16)6-4-12/h2-8,10H,9H2,1H3/b18-8-. The van der Waals surface area contributed by atoms with Crippen molar-refractivity contribution in [3.8, 4) is 0 Å². The molecule has 3 rings (SSSR count). The van der Waals surface area contributed by atoms with Crippen molar-refractivity contribution in [3.05, 3.63) is 63.1 Å². The molecule has 2 heterocycles. The molecule has 0 amide bonds. The molecule has 4 nitrogen and oxygen atoms in total. The maximum absolute atomic E-state index is 5.89. The minimum Gasteiger partial charge on any atom is -0.195 e. The van der Waals surface area contributed by atoms with E-state index in [0.717, 1.165) is 20.8 Å². The fourth-order valence-electron chi connectivity index (χ4n) is 1.76. The highest BCUT2D eigenvalue weighted by atomic mass is 35.5. The molecule has 1 aromatic carbocycles. The van der Waals surface area contributed by atoms with Crippen LogP contribution in [0.1, 0.15) is 15.3 Å². The van der Waals surface area contributed by atoms with Crippen molar-refractivity contribution >= 4 is 40.9 Å². The third-order valence-corrected chi connectivity index (χ3v) is 5.04. The maximum atomic E-state index is 5.89. The summed E-state index contributed by atoms with van der Waals surface area (Å²) in [6.45, 7) is 2.08. The molecule has 3 aromatic rings. The summed E-state index contributed by atoms with van der Waals surface area (Å²) in [6, 6.07) is 11.9. The number of thioether (sulfide) groups is 1. The Morgan fingerprint density at radius 3 is 2.82 bits per heavy atom. The number of hydrogen-bond donors (Lipinski definition) is 0. The van der Waals surface area contributed by atoms with Crippen LogP contribution in [0.15, 0.2) is 53.0 Å². The number of halogens is 1. The van der Waals surface area contributed by atoms with Crippen LogP contribution in [0.2, 0.25) is 5.02 Å². The van der Waals surface area contributed by atoms with Gasteiger partial charge in [-0.3, -0.25) is 0 Å². The van der Waals surface area contributed by atoms with Gasteiger partial charge in [0.2, 0.25) is 5.16 Å². The number of thiophene rings is 1. The van der Waals surface area contributed by atoms with Gasteiger partial charge in [0.05, 0.1) is 6.21 Å². The van der Waals surface area contributed by atoms with Crippen molar-refractivity contribution in [2.45, 2.75) is 17.8 Å². The number of nitrogens with zero attached hydrogens (tertiary/aromatic N) is 4. The summed E-state index contributed by atoms with van der Waals surface area (Å²) in [5.74, 6) is 0.795. The minimum atomic E-state index is 0.743. The number of aromatic nitrogens is 3. The highest BCUT2D eigenvalue weighted by Gasteiger charge is 2.04. The van der Waals surface area contributed by atoms with Gasteiger partial charge in [0.15, 0.2) is 0 Å². The highest BCUT2D eigenvalue weighted by molar-refractivity contribution is 7.98. The van der Waals surface area contributed by atoms with Gasteiger partial charge in [-0.1, -0.05) is 35.5 Å². The van der Waals surface area contributed by atoms with Crippen LogP contribution in [0.25, 0.3) is 0 Å². The first-order valence-electron chi connectivity index (χ1n) is 6.59. The van der Waals surface area contributed by atoms with Crippen LogP contribution >= 0.6 is 34.7 Å². The first-order valence-corrected chi connectivity index (χ1v) is 8.77. The Kier molecular flexibility index (Phi) is 4.92. The molecule has 0 radical (unpaired) electrons. The first-order chi connectivity index (χ1) is 10.7. The molecule has 22 heavy (non-hydrogen) atoms. The van der Waals surface area contributed by atoms with Crippen molar-refractivity contribution in [2.24, 2.45) is 5.10 Å². The van der Waals surface area contributed by atoms with Gasteiger partial charge in [-0.2, -0.15) is 9.78 Å². The average Bonchev–Trinajstić information content (AvgIpc) is 3.13. The fourth-order valence-corrected chi connectivity index (χ4v) is 3.45. The summed E-state index contributed by atoms with van der Waals surface area (Å²) in [6.07, 6.45) is 3.44. The number of benzene rings is 1. The molecular weight excluding hydrogens is 336 g/mol. The molecule has 0 aliphatic heterocycles. The predicted octanol–water partition coefficient (Wildman–Crippen LogP) is 4.48. The quantitative estimate of drug-likeness (QED) is 0.504. The Morgan fingerprint density at radius 2 is 2.09 bits per heavy atom. The Balaban J connectivity index is 1.67. The number of hydrogen-bond acceptors (Lipinski definition) is 5. The van der Waals surface area contributed by atoms with Gasteiger partial charge in [0.25, 0.3) is 0 Å². The van der Waals surface area contributed by atoms with E-state index in [1.54, 1.807) is 34.1 Å². The van der Waals surface area contributed by atoms with Gasteiger partial charge in [-0.05, 0) is 36.8 Å². The summed E-state index contributed by atoms with van der Waals surface area (Å²) in [5.41, 5.74) is 1.18. The van der Waals surface area contributed by atoms with E-state index in [2.05, 4.69) is 28.3 Å². The molecular formula is C15H13ClN4S2. The summed E-state index contributed by atoms with van der Waals surface area (Å²) in [7, 11) is 0. The van der Waals surface area contributed by atoms with Gasteiger partial charge >= 0.3 is 0 Å². The normalized spacial score (nSPS) is 11.4. The molecule has 0 fully saturated rings. The average molecular weight is 349 g/mol. The van der Waals surface area contributed by atoms with Crippen LogP contribution in [0.4, 0.5) is 0 Å². The third kappa shape index (κ3) is 3.97. The zero-order valence-electron chi connectivity index (χ0n) is 11.8. The Morgan fingerprint density at radius 1 is 1.27 bits per heavy atom. The van der Waals surface area contributed by atoms with E-state index >= 15 is 0 Å². The molecule has 0 saturated carbocycles. The van der Waals surface area contributed by atoms with E-state index < -0.39 is 0 Å². The number of rotatable bonds is 5. The Bertz CT molecular complexity index is 777. The van der Waals surface area contributed by atoms with Crippen molar-refractivity contribution < 1.29 is 0 Å². The molecule has 0 bridgehead atoms. The van der Waals surface area contributed by atoms with Gasteiger partial charge in [0, 0.05) is 20.5 Å². The van der Waals surface area contributed by atoms with Crippen LogP contribution in [-0.2, 0) is 5.75 Å². The van der Waals surface area contributed by atoms with Gasteiger partial charge in [-0.15, -0.1) is 21.5 Å². The van der Waals surface area contributed by atoms with Crippen molar-refractivity contribution in [3.63, 3.8) is 0 Å². The zero-order chi connectivity index (χ0) is 15.4. The highest BCUT2D eigenvalue weighted by Crippen LogP contribution is 2.21.